The van der Waals surface area contributed by atoms with Gasteiger partial charge in [-0.25, -0.2) is 8.42 Å². The van der Waals surface area contributed by atoms with Gasteiger partial charge in [-0.2, -0.15) is 0 Å². The number of aryl methyl sites for hydroxylation is 1. The van der Waals surface area contributed by atoms with Crippen molar-refractivity contribution in [2.45, 2.75) is 57.6 Å². The molecule has 214 valence electrons. The Kier molecular flexibility index (Phi) is 10.6. The topological polar surface area (TPSA) is 96.0 Å². The Hall–Kier alpha value is -3.56. The number of ether oxygens (including phenoxy) is 1. The molecular formula is C30H36ClN3O5S. The number of para-hydroxylation sites is 2. The summed E-state index contributed by atoms with van der Waals surface area (Å²) in [5, 5.41) is 3.35. The summed E-state index contributed by atoms with van der Waals surface area (Å²) in [6.45, 7) is 6.75. The predicted octanol–water partition coefficient (Wildman–Crippen LogP) is 5.18. The van der Waals surface area contributed by atoms with Gasteiger partial charge in [0.2, 0.25) is 11.8 Å². The molecule has 0 aliphatic rings. The van der Waals surface area contributed by atoms with Crippen LogP contribution in [-0.2, 0) is 26.2 Å². The van der Waals surface area contributed by atoms with Gasteiger partial charge in [-0.15, -0.1) is 0 Å². The number of methoxy groups -OCH3 is 1. The highest BCUT2D eigenvalue weighted by molar-refractivity contribution is 7.92. The first-order chi connectivity index (χ1) is 19.0. The molecule has 1 N–H and O–H groups in total. The van der Waals surface area contributed by atoms with E-state index in [0.29, 0.717) is 17.0 Å². The molecule has 10 heteroatoms. The summed E-state index contributed by atoms with van der Waals surface area (Å²) in [6.07, 6.45) is 0.716. The second-order valence-electron chi connectivity index (χ2n) is 9.60. The Balaban J connectivity index is 2.07. The zero-order valence-corrected chi connectivity index (χ0v) is 25.0. The van der Waals surface area contributed by atoms with E-state index < -0.39 is 28.5 Å². The van der Waals surface area contributed by atoms with Crippen molar-refractivity contribution < 1.29 is 22.7 Å². The van der Waals surface area contributed by atoms with Gasteiger partial charge in [0.15, 0.2) is 0 Å². The molecule has 2 amide bonds. The average molecular weight is 586 g/mol. The van der Waals surface area contributed by atoms with Crippen LogP contribution in [0.15, 0.2) is 77.7 Å². The predicted molar refractivity (Wildman–Crippen MR) is 158 cm³/mol. The summed E-state index contributed by atoms with van der Waals surface area (Å²) in [5.74, 6) is -0.639. The number of halogens is 1. The molecule has 8 nitrogen and oxygen atoms in total. The standard InChI is InChI=1S/C30H36ClN3O5S/c1-6-22(3)32-30(36)23(4)33(19-24-11-7-8-12-26(24)31)29(35)20-34(27-13-9-10-14-28(27)39-5)40(37,38)25-17-15-21(2)16-18-25/h7-18,22-23H,6,19-20H2,1-5H3,(H,32,36)/t22-,23-/m1/s1. The second kappa shape index (κ2) is 13.7. The molecule has 0 unspecified atom stereocenters. The van der Waals surface area contributed by atoms with Gasteiger partial charge >= 0.3 is 0 Å². The molecule has 0 bridgehead atoms. The zero-order valence-electron chi connectivity index (χ0n) is 23.4. The van der Waals surface area contributed by atoms with E-state index in [-0.39, 0.29) is 34.8 Å². The molecule has 3 aromatic rings. The molecular weight excluding hydrogens is 550 g/mol. The highest BCUT2D eigenvalue weighted by Crippen LogP contribution is 2.32. The van der Waals surface area contributed by atoms with Crippen molar-refractivity contribution in [3.8, 4) is 5.75 Å². The first-order valence-electron chi connectivity index (χ1n) is 13.0. The average Bonchev–Trinajstić information content (AvgIpc) is 2.95. The van der Waals surface area contributed by atoms with E-state index in [0.717, 1.165) is 9.87 Å². The molecule has 3 aromatic carbocycles. The molecule has 0 aliphatic carbocycles. The summed E-state index contributed by atoms with van der Waals surface area (Å²) in [6, 6.07) is 19.0. The smallest absolute Gasteiger partial charge is 0.264 e. The lowest BCUT2D eigenvalue weighted by atomic mass is 10.1. The minimum absolute atomic E-state index is 0.0118. The number of carbonyl (C=O) groups is 2. The molecule has 0 saturated heterocycles. The van der Waals surface area contributed by atoms with E-state index in [4.69, 9.17) is 16.3 Å². The minimum atomic E-state index is -4.20. The normalized spacial score (nSPS) is 12.8. The van der Waals surface area contributed by atoms with Crippen LogP contribution in [0.2, 0.25) is 5.02 Å². The van der Waals surface area contributed by atoms with E-state index in [1.165, 1.54) is 24.1 Å². The number of sulfonamides is 1. The fraction of sp³-hybridized carbons (Fsp3) is 0.333. The zero-order chi connectivity index (χ0) is 29.4. The molecule has 0 fully saturated rings. The summed E-state index contributed by atoms with van der Waals surface area (Å²) in [4.78, 5) is 28.6. The fourth-order valence-electron chi connectivity index (χ4n) is 4.04. The van der Waals surface area contributed by atoms with E-state index in [9.17, 15) is 18.0 Å². The summed E-state index contributed by atoms with van der Waals surface area (Å²) < 4.78 is 34.4. The number of nitrogens with zero attached hydrogens (tertiary/aromatic N) is 2. The fourth-order valence-corrected chi connectivity index (χ4v) is 5.67. The first kappa shape index (κ1) is 31.0. The van der Waals surface area contributed by atoms with Crippen molar-refractivity contribution in [1.29, 1.82) is 0 Å². The Morgan fingerprint density at radius 3 is 2.23 bits per heavy atom. The van der Waals surface area contributed by atoms with Crippen LogP contribution in [0.5, 0.6) is 5.75 Å². The molecule has 2 atom stereocenters. The molecule has 0 spiro atoms. The molecule has 0 aromatic heterocycles. The SMILES string of the molecule is CC[C@@H](C)NC(=O)[C@@H](C)N(Cc1ccccc1Cl)C(=O)CN(c1ccccc1OC)S(=O)(=O)c1ccc(C)cc1. The van der Waals surface area contributed by atoms with Crippen LogP contribution in [0.4, 0.5) is 5.69 Å². The number of nitrogens with one attached hydrogen (secondary N) is 1. The van der Waals surface area contributed by atoms with E-state index in [2.05, 4.69) is 5.32 Å². The Labute approximate surface area is 241 Å². The summed E-state index contributed by atoms with van der Waals surface area (Å²) in [7, 11) is -2.77. The van der Waals surface area contributed by atoms with Crippen molar-refractivity contribution in [3.63, 3.8) is 0 Å². The van der Waals surface area contributed by atoms with E-state index in [1.807, 2.05) is 20.8 Å². The number of hydrogen-bond acceptors (Lipinski definition) is 5. The largest absolute Gasteiger partial charge is 0.495 e. The van der Waals surface area contributed by atoms with Crippen molar-refractivity contribution in [3.05, 3.63) is 88.9 Å². The maximum atomic E-state index is 14.0. The quantitative estimate of drug-likeness (QED) is 0.316. The van der Waals surface area contributed by atoms with Crippen molar-refractivity contribution in [2.24, 2.45) is 0 Å². The van der Waals surface area contributed by atoms with Gasteiger partial charge in [0, 0.05) is 17.6 Å². The maximum Gasteiger partial charge on any atom is 0.264 e. The molecule has 3 rings (SSSR count). The lowest BCUT2D eigenvalue weighted by Crippen LogP contribution is -2.52. The third-order valence-electron chi connectivity index (χ3n) is 6.71. The molecule has 0 saturated carbocycles. The molecule has 0 radical (unpaired) electrons. The Bertz CT molecular complexity index is 1430. The lowest BCUT2D eigenvalue weighted by molar-refractivity contribution is -0.139. The number of rotatable bonds is 12. The van der Waals surface area contributed by atoms with Gasteiger partial charge < -0.3 is 15.0 Å². The van der Waals surface area contributed by atoms with E-state index in [1.54, 1.807) is 67.6 Å². The van der Waals surface area contributed by atoms with E-state index >= 15 is 0 Å². The Morgan fingerprint density at radius 2 is 1.60 bits per heavy atom. The van der Waals surface area contributed by atoms with Crippen LogP contribution < -0.4 is 14.4 Å². The first-order valence-corrected chi connectivity index (χ1v) is 14.9. The van der Waals surface area contributed by atoms with Crippen LogP contribution in [0.25, 0.3) is 0 Å². The van der Waals surface area contributed by atoms with Crippen molar-refractivity contribution >= 4 is 39.1 Å². The third-order valence-corrected chi connectivity index (χ3v) is 8.85. The third kappa shape index (κ3) is 7.34. The van der Waals surface area contributed by atoms with Crippen LogP contribution in [-0.4, -0.2) is 50.9 Å². The monoisotopic (exact) mass is 585 g/mol. The Morgan fingerprint density at radius 1 is 0.975 bits per heavy atom. The number of carbonyl (C=O) groups excluding carboxylic acids is 2. The number of benzene rings is 3. The number of amides is 2. The van der Waals surface area contributed by atoms with Crippen LogP contribution in [0, 0.1) is 6.92 Å². The summed E-state index contributed by atoms with van der Waals surface area (Å²) >= 11 is 6.41. The van der Waals surface area contributed by atoms with Gasteiger partial charge in [0.05, 0.1) is 17.7 Å². The summed E-state index contributed by atoms with van der Waals surface area (Å²) in [5.41, 5.74) is 1.73. The molecule has 0 heterocycles. The van der Waals surface area contributed by atoms with Gasteiger partial charge in [-0.1, -0.05) is 66.6 Å². The maximum absolute atomic E-state index is 14.0. The number of anilines is 1. The highest BCUT2D eigenvalue weighted by Gasteiger charge is 2.34. The minimum Gasteiger partial charge on any atom is -0.495 e. The van der Waals surface area contributed by atoms with Gasteiger partial charge in [0.1, 0.15) is 18.3 Å². The van der Waals surface area contributed by atoms with Crippen molar-refractivity contribution in [2.75, 3.05) is 18.0 Å². The van der Waals surface area contributed by atoms with Gasteiger partial charge in [-0.3, -0.25) is 13.9 Å². The van der Waals surface area contributed by atoms with Gasteiger partial charge in [0.25, 0.3) is 10.0 Å². The van der Waals surface area contributed by atoms with Crippen LogP contribution in [0.1, 0.15) is 38.3 Å². The molecule has 0 aliphatic heterocycles. The van der Waals surface area contributed by atoms with Crippen molar-refractivity contribution in [1.82, 2.24) is 10.2 Å². The lowest BCUT2D eigenvalue weighted by Gasteiger charge is -2.33. The van der Waals surface area contributed by atoms with Gasteiger partial charge in [-0.05, 0) is 63.1 Å². The van der Waals surface area contributed by atoms with Crippen LogP contribution >= 0.6 is 11.6 Å². The highest BCUT2D eigenvalue weighted by atomic mass is 35.5. The molecule has 40 heavy (non-hydrogen) atoms. The van der Waals surface area contributed by atoms with Crippen LogP contribution in [0.3, 0.4) is 0 Å². The number of hydrogen-bond donors (Lipinski definition) is 1. The second-order valence-corrected chi connectivity index (χ2v) is 11.9.